The van der Waals surface area contributed by atoms with Crippen LogP contribution in [0.3, 0.4) is 0 Å². The van der Waals surface area contributed by atoms with Crippen LogP contribution >= 0.6 is 15.9 Å². The predicted octanol–water partition coefficient (Wildman–Crippen LogP) is 1.44. The Morgan fingerprint density at radius 1 is 1.56 bits per heavy atom. The molecule has 18 heavy (non-hydrogen) atoms. The number of rotatable bonds is 2. The van der Waals surface area contributed by atoms with Gasteiger partial charge in [-0.25, -0.2) is 0 Å². The minimum atomic E-state index is -0.495. The summed E-state index contributed by atoms with van der Waals surface area (Å²) >= 11 is 3.45. The summed E-state index contributed by atoms with van der Waals surface area (Å²) in [5.41, 5.74) is 1.97. The fourth-order valence-electron chi connectivity index (χ4n) is 2.18. The van der Waals surface area contributed by atoms with Gasteiger partial charge < -0.3 is 15.3 Å². The van der Waals surface area contributed by atoms with E-state index in [2.05, 4.69) is 21.2 Å². The number of hydrogen-bond donors (Lipinski definition) is 2. The second-order valence-electron chi connectivity index (χ2n) is 4.63. The summed E-state index contributed by atoms with van der Waals surface area (Å²) in [7, 11) is 0. The lowest BCUT2D eigenvalue weighted by molar-refractivity contribution is -0.123. The van der Waals surface area contributed by atoms with Gasteiger partial charge in [-0.05, 0) is 37.6 Å². The number of aryl methyl sites for hydroxylation is 1. The quantitative estimate of drug-likeness (QED) is 0.869. The lowest BCUT2D eigenvalue weighted by atomic mass is 10.1. The number of halogens is 1. The number of nitrogens with zero attached hydrogens (tertiary/aromatic N) is 1. The number of aliphatic hydroxyl groups excluding tert-OH is 1. The molecule has 1 aliphatic rings. The van der Waals surface area contributed by atoms with E-state index < -0.39 is 6.04 Å². The van der Waals surface area contributed by atoms with E-state index in [4.69, 9.17) is 0 Å². The first-order valence-corrected chi connectivity index (χ1v) is 6.77. The fraction of sp³-hybridized carbons (Fsp3) is 0.462. The minimum absolute atomic E-state index is 0.0713. The number of aliphatic hydroxyl groups is 1. The van der Waals surface area contributed by atoms with E-state index in [1.807, 2.05) is 32.0 Å². The lowest BCUT2D eigenvalue weighted by Crippen LogP contribution is -2.60. The maximum Gasteiger partial charge on any atom is 0.246 e. The average Bonchev–Trinajstić information content (AvgIpc) is 2.34. The summed E-state index contributed by atoms with van der Waals surface area (Å²) in [4.78, 5) is 14.0. The van der Waals surface area contributed by atoms with Crippen LogP contribution in [-0.4, -0.2) is 36.2 Å². The maximum atomic E-state index is 12.3. The largest absolute Gasteiger partial charge is 0.394 e. The van der Waals surface area contributed by atoms with Gasteiger partial charge in [-0.15, -0.1) is 0 Å². The standard InChI is InChI=1S/C13H17BrN2O2/c1-8-5-10(3-4-11(8)14)16-9(2)6-15-12(7-17)13(16)18/h3-5,9,12,15,17H,6-7H2,1-2H3. The minimum Gasteiger partial charge on any atom is -0.394 e. The molecule has 1 amide bonds. The number of anilines is 1. The molecule has 0 spiro atoms. The van der Waals surface area contributed by atoms with Gasteiger partial charge in [0.25, 0.3) is 0 Å². The van der Waals surface area contributed by atoms with Crippen molar-refractivity contribution >= 4 is 27.5 Å². The van der Waals surface area contributed by atoms with Crippen LogP contribution in [0.2, 0.25) is 0 Å². The monoisotopic (exact) mass is 312 g/mol. The summed E-state index contributed by atoms with van der Waals surface area (Å²) in [6.45, 7) is 4.51. The lowest BCUT2D eigenvalue weighted by Gasteiger charge is -2.38. The van der Waals surface area contributed by atoms with Crippen LogP contribution < -0.4 is 10.2 Å². The maximum absolute atomic E-state index is 12.3. The molecular formula is C13H17BrN2O2. The van der Waals surface area contributed by atoms with Gasteiger partial charge in [-0.3, -0.25) is 4.79 Å². The molecule has 1 aliphatic heterocycles. The van der Waals surface area contributed by atoms with Gasteiger partial charge in [0.15, 0.2) is 0 Å². The summed E-state index contributed by atoms with van der Waals surface area (Å²) in [5.74, 6) is -0.0713. The van der Waals surface area contributed by atoms with E-state index in [0.29, 0.717) is 6.54 Å². The third-order valence-corrected chi connectivity index (χ3v) is 4.13. The molecule has 0 aliphatic carbocycles. The van der Waals surface area contributed by atoms with Gasteiger partial charge in [0, 0.05) is 22.7 Å². The first-order valence-electron chi connectivity index (χ1n) is 5.98. The zero-order valence-electron chi connectivity index (χ0n) is 10.5. The molecule has 2 N–H and O–H groups in total. The van der Waals surface area contributed by atoms with Crippen LogP contribution in [0.15, 0.2) is 22.7 Å². The highest BCUT2D eigenvalue weighted by Crippen LogP contribution is 2.26. The van der Waals surface area contributed by atoms with Crippen molar-refractivity contribution in [2.24, 2.45) is 0 Å². The number of carbonyl (C=O) groups excluding carboxylic acids is 1. The van der Waals surface area contributed by atoms with Crippen molar-refractivity contribution in [1.29, 1.82) is 0 Å². The van der Waals surface area contributed by atoms with E-state index >= 15 is 0 Å². The molecule has 2 unspecified atom stereocenters. The Hall–Kier alpha value is -0.910. The fourth-order valence-corrected chi connectivity index (χ4v) is 2.43. The third-order valence-electron chi connectivity index (χ3n) is 3.24. The van der Waals surface area contributed by atoms with Gasteiger partial charge >= 0.3 is 0 Å². The van der Waals surface area contributed by atoms with E-state index in [0.717, 1.165) is 15.7 Å². The molecule has 0 bridgehead atoms. The Morgan fingerprint density at radius 3 is 2.89 bits per heavy atom. The summed E-state index contributed by atoms with van der Waals surface area (Å²) in [6.07, 6.45) is 0. The van der Waals surface area contributed by atoms with E-state index in [1.165, 1.54) is 0 Å². The topological polar surface area (TPSA) is 52.6 Å². The highest BCUT2D eigenvalue weighted by Gasteiger charge is 2.33. The van der Waals surface area contributed by atoms with Gasteiger partial charge in [0.2, 0.25) is 5.91 Å². The number of benzene rings is 1. The van der Waals surface area contributed by atoms with Crippen LogP contribution in [0.25, 0.3) is 0 Å². The Labute approximate surface area is 115 Å². The number of hydrogen-bond acceptors (Lipinski definition) is 3. The first kappa shape index (κ1) is 13.5. The van der Waals surface area contributed by atoms with Crippen molar-refractivity contribution < 1.29 is 9.90 Å². The Bertz CT molecular complexity index is 464. The molecule has 1 saturated heterocycles. The Balaban J connectivity index is 2.34. The van der Waals surface area contributed by atoms with Crippen LogP contribution in [-0.2, 0) is 4.79 Å². The van der Waals surface area contributed by atoms with Crippen LogP contribution in [0, 0.1) is 6.92 Å². The molecule has 98 valence electrons. The SMILES string of the molecule is Cc1cc(N2C(=O)C(CO)NCC2C)ccc1Br. The van der Waals surface area contributed by atoms with Gasteiger partial charge in [0.05, 0.1) is 6.61 Å². The van der Waals surface area contributed by atoms with Gasteiger partial charge in [-0.1, -0.05) is 15.9 Å². The average molecular weight is 313 g/mol. The smallest absolute Gasteiger partial charge is 0.246 e. The zero-order chi connectivity index (χ0) is 13.3. The molecule has 4 nitrogen and oxygen atoms in total. The molecular weight excluding hydrogens is 296 g/mol. The molecule has 2 atom stereocenters. The van der Waals surface area contributed by atoms with Crippen molar-refractivity contribution in [2.45, 2.75) is 25.9 Å². The summed E-state index contributed by atoms with van der Waals surface area (Å²) in [6, 6.07) is 5.44. The molecule has 0 saturated carbocycles. The molecule has 5 heteroatoms. The van der Waals surface area contributed by atoms with Gasteiger partial charge in [0.1, 0.15) is 6.04 Å². The molecule has 0 radical (unpaired) electrons. The Kier molecular flexibility index (Phi) is 4.04. The highest BCUT2D eigenvalue weighted by molar-refractivity contribution is 9.10. The first-order chi connectivity index (χ1) is 8.54. The summed E-state index contributed by atoms with van der Waals surface area (Å²) < 4.78 is 1.03. The number of piperazine rings is 1. The molecule has 2 rings (SSSR count). The molecule has 1 aromatic rings. The predicted molar refractivity (Wildman–Crippen MR) is 74.7 cm³/mol. The normalized spacial score (nSPS) is 24.4. The third kappa shape index (κ3) is 2.43. The Morgan fingerprint density at radius 2 is 2.28 bits per heavy atom. The van der Waals surface area contributed by atoms with Crippen molar-refractivity contribution in [3.8, 4) is 0 Å². The van der Waals surface area contributed by atoms with Crippen LogP contribution in [0.4, 0.5) is 5.69 Å². The van der Waals surface area contributed by atoms with Crippen LogP contribution in [0.1, 0.15) is 12.5 Å². The van der Waals surface area contributed by atoms with E-state index in [9.17, 15) is 9.90 Å². The second kappa shape index (κ2) is 5.38. The number of carbonyl (C=O) groups is 1. The second-order valence-corrected chi connectivity index (χ2v) is 5.49. The number of amides is 1. The van der Waals surface area contributed by atoms with Crippen molar-refractivity contribution in [1.82, 2.24) is 5.32 Å². The molecule has 1 fully saturated rings. The van der Waals surface area contributed by atoms with Crippen molar-refractivity contribution in [2.75, 3.05) is 18.1 Å². The highest BCUT2D eigenvalue weighted by atomic mass is 79.9. The van der Waals surface area contributed by atoms with Crippen molar-refractivity contribution in [3.63, 3.8) is 0 Å². The molecule has 1 heterocycles. The van der Waals surface area contributed by atoms with E-state index in [-0.39, 0.29) is 18.6 Å². The van der Waals surface area contributed by atoms with Crippen molar-refractivity contribution in [3.05, 3.63) is 28.2 Å². The molecule has 1 aromatic carbocycles. The summed E-state index contributed by atoms with van der Waals surface area (Å²) in [5, 5.41) is 12.2. The van der Waals surface area contributed by atoms with Gasteiger partial charge in [-0.2, -0.15) is 0 Å². The van der Waals surface area contributed by atoms with Crippen LogP contribution in [0.5, 0.6) is 0 Å². The van der Waals surface area contributed by atoms with E-state index in [1.54, 1.807) is 4.90 Å². The number of nitrogens with one attached hydrogen (secondary N) is 1. The zero-order valence-corrected chi connectivity index (χ0v) is 12.1. The molecule has 0 aromatic heterocycles.